The van der Waals surface area contributed by atoms with Crippen LogP contribution in [0.3, 0.4) is 0 Å². The molecule has 2 aromatic rings. The molecule has 0 aliphatic carbocycles. The maximum Gasteiger partial charge on any atom is 0.264 e. The van der Waals surface area contributed by atoms with Crippen LogP contribution in [0.5, 0.6) is 34.5 Å². The quantitative estimate of drug-likeness (QED) is 0.254. The lowest BCUT2D eigenvalue weighted by molar-refractivity contribution is 0.0518. The summed E-state index contributed by atoms with van der Waals surface area (Å²) < 4.78 is 85.4. The molecule has 228 valence electrons. The highest BCUT2D eigenvalue weighted by Gasteiger charge is 2.21. The van der Waals surface area contributed by atoms with E-state index in [1.807, 2.05) is 0 Å². The summed E-state index contributed by atoms with van der Waals surface area (Å²) in [6.45, 7) is -1.20. The van der Waals surface area contributed by atoms with Crippen LogP contribution in [0.2, 0.25) is 0 Å². The molecule has 0 fully saturated rings. The number of para-hydroxylation sites is 2. The van der Waals surface area contributed by atoms with E-state index in [2.05, 4.69) is 4.18 Å². The molecule has 2 N–H and O–H groups in total. The van der Waals surface area contributed by atoms with E-state index in [-0.39, 0.29) is 25.6 Å². The highest BCUT2D eigenvalue weighted by Crippen LogP contribution is 2.37. The van der Waals surface area contributed by atoms with E-state index in [1.54, 1.807) is 36.4 Å². The van der Waals surface area contributed by atoms with E-state index in [9.17, 15) is 21.9 Å². The van der Waals surface area contributed by atoms with Gasteiger partial charge in [-0.05, 0) is 24.3 Å². The Bertz CT molecular complexity index is 1200. The molecule has 14 nitrogen and oxygen atoms in total. The molecule has 0 aliphatic rings. The monoisotopic (exact) mass is 612 g/mol. The Hall–Kier alpha value is -3.02. The number of ether oxygens (including phenoxy) is 6. The third-order valence-corrected chi connectivity index (χ3v) is 5.77. The van der Waals surface area contributed by atoms with E-state index >= 15 is 0 Å². The first-order chi connectivity index (χ1) is 18.8. The lowest BCUT2D eigenvalue weighted by atomic mass is 10.3. The summed E-state index contributed by atoms with van der Waals surface area (Å²) in [4.78, 5) is 0. The summed E-state index contributed by atoms with van der Waals surface area (Å²) >= 11 is 0. The number of benzene rings is 2. The van der Waals surface area contributed by atoms with Gasteiger partial charge in [0.15, 0.2) is 23.0 Å². The van der Waals surface area contributed by atoms with Crippen molar-refractivity contribution in [1.82, 2.24) is 0 Å². The molecule has 0 bridgehead atoms. The van der Waals surface area contributed by atoms with Crippen molar-refractivity contribution in [3.8, 4) is 34.5 Å². The minimum absolute atomic E-state index is 0.0206. The zero-order valence-electron chi connectivity index (χ0n) is 23.1. The Kier molecular flexibility index (Phi) is 14.8. The number of aliphatic hydroxyl groups is 2. The van der Waals surface area contributed by atoms with Crippen molar-refractivity contribution in [2.24, 2.45) is 0 Å². The Labute approximate surface area is 234 Å². The fourth-order valence-corrected chi connectivity index (χ4v) is 3.88. The number of methoxy groups -OCH3 is 4. The number of rotatable bonds is 16. The van der Waals surface area contributed by atoms with Crippen molar-refractivity contribution < 1.29 is 63.8 Å². The van der Waals surface area contributed by atoms with E-state index in [4.69, 9.17) is 37.7 Å². The lowest BCUT2D eigenvalue weighted by Crippen LogP contribution is -2.30. The third kappa shape index (κ3) is 12.9. The summed E-state index contributed by atoms with van der Waals surface area (Å²) in [5, 5.41) is 17.9. The molecule has 0 aliphatic heterocycles. The maximum absolute atomic E-state index is 11.3. The molecule has 2 atom stereocenters. The molecule has 0 saturated carbocycles. The topological polar surface area (TPSA) is 183 Å². The highest BCUT2D eigenvalue weighted by molar-refractivity contribution is 7.86. The van der Waals surface area contributed by atoms with E-state index in [1.165, 1.54) is 28.4 Å². The van der Waals surface area contributed by atoms with Crippen LogP contribution >= 0.6 is 0 Å². The predicted octanol–water partition coefficient (Wildman–Crippen LogP) is 0.839. The Morgan fingerprint density at radius 3 is 1.40 bits per heavy atom. The fourth-order valence-electron chi connectivity index (χ4n) is 2.88. The summed E-state index contributed by atoms with van der Waals surface area (Å²) in [6.07, 6.45) is -0.419. The van der Waals surface area contributed by atoms with Crippen molar-refractivity contribution in [2.75, 3.05) is 67.4 Å². The molecule has 2 rings (SSSR count). The highest BCUT2D eigenvalue weighted by atomic mass is 32.2. The summed E-state index contributed by atoms with van der Waals surface area (Å²) in [7, 11) is -1.71. The molecule has 0 amide bonds. The summed E-state index contributed by atoms with van der Waals surface area (Å²) in [5.41, 5.74) is 0. The Morgan fingerprint density at radius 2 is 1.07 bits per heavy atom. The fraction of sp³-hybridized carbons (Fsp3) is 0.500. The van der Waals surface area contributed by atoms with Crippen LogP contribution < -0.4 is 28.4 Å². The predicted molar refractivity (Wildman–Crippen MR) is 144 cm³/mol. The molecular weight excluding hydrogens is 576 g/mol. The van der Waals surface area contributed by atoms with Crippen LogP contribution in [0.25, 0.3) is 0 Å². The van der Waals surface area contributed by atoms with Crippen LogP contribution in [-0.4, -0.2) is 107 Å². The molecular formula is C24H36O14S2. The van der Waals surface area contributed by atoms with Crippen LogP contribution in [0.15, 0.2) is 36.4 Å². The molecule has 0 radical (unpaired) electrons. The molecule has 2 aromatic carbocycles. The van der Waals surface area contributed by atoms with Crippen molar-refractivity contribution in [3.63, 3.8) is 0 Å². The minimum Gasteiger partial charge on any atom is -0.493 e. The second-order valence-corrected chi connectivity index (χ2v) is 11.1. The lowest BCUT2D eigenvalue weighted by Gasteiger charge is -2.19. The molecule has 0 saturated heterocycles. The van der Waals surface area contributed by atoms with Gasteiger partial charge in [0.25, 0.3) is 20.2 Å². The van der Waals surface area contributed by atoms with Gasteiger partial charge in [-0.3, -0.25) is 8.37 Å². The van der Waals surface area contributed by atoms with E-state index in [0.717, 1.165) is 12.5 Å². The normalized spacial score (nSPS) is 12.8. The van der Waals surface area contributed by atoms with Crippen LogP contribution in [0.4, 0.5) is 0 Å². The van der Waals surface area contributed by atoms with Gasteiger partial charge in [0.2, 0.25) is 11.5 Å². The summed E-state index contributed by atoms with van der Waals surface area (Å²) in [6, 6.07) is 10.1. The van der Waals surface area contributed by atoms with Crippen LogP contribution in [0.1, 0.15) is 0 Å². The van der Waals surface area contributed by atoms with Gasteiger partial charge in [-0.25, -0.2) is 0 Å². The van der Waals surface area contributed by atoms with Crippen molar-refractivity contribution in [1.29, 1.82) is 0 Å². The zero-order valence-corrected chi connectivity index (χ0v) is 24.7. The van der Waals surface area contributed by atoms with Crippen LogP contribution in [-0.2, 0) is 28.6 Å². The second kappa shape index (κ2) is 16.9. The summed E-state index contributed by atoms with van der Waals surface area (Å²) in [5.74, 6) is 2.39. The largest absolute Gasteiger partial charge is 0.493 e. The molecule has 0 unspecified atom stereocenters. The van der Waals surface area contributed by atoms with Gasteiger partial charge in [-0.2, -0.15) is 16.8 Å². The number of aliphatic hydroxyl groups excluding tert-OH is 2. The van der Waals surface area contributed by atoms with Gasteiger partial charge >= 0.3 is 0 Å². The standard InChI is InChI=1S/C13H20O9S2.C11H16O5/c1-18-11-6-5-7-12(19-2)13(11)20-8-10(22-24(4,16)17)9-21-23(3,14)15;1-14-9-4-3-5-10(15-2)11(9)16-7-8(13)6-12/h5-7,10H,8-9H2,1-4H3;3-5,8,12-13H,6-7H2,1-2H3/t10-;8-/m01/s1. The van der Waals surface area contributed by atoms with Gasteiger partial charge in [-0.15, -0.1) is 0 Å². The maximum atomic E-state index is 11.3. The second-order valence-electron chi connectivity index (χ2n) is 7.85. The minimum atomic E-state index is -3.84. The Morgan fingerprint density at radius 1 is 0.675 bits per heavy atom. The van der Waals surface area contributed by atoms with Crippen molar-refractivity contribution >= 4 is 20.2 Å². The first-order valence-electron chi connectivity index (χ1n) is 11.5. The first kappa shape index (κ1) is 35.0. The van der Waals surface area contributed by atoms with Crippen molar-refractivity contribution in [2.45, 2.75) is 12.2 Å². The zero-order chi connectivity index (χ0) is 30.3. The Balaban J connectivity index is 0.000000433. The molecule has 0 heterocycles. The molecule has 0 spiro atoms. The van der Waals surface area contributed by atoms with Gasteiger partial charge in [0, 0.05) is 0 Å². The molecule has 16 heteroatoms. The average Bonchev–Trinajstić information content (AvgIpc) is 2.91. The number of hydrogen-bond donors (Lipinski definition) is 2. The third-order valence-electron chi connectivity index (χ3n) is 4.59. The van der Waals surface area contributed by atoms with Crippen molar-refractivity contribution in [3.05, 3.63) is 36.4 Å². The molecule has 0 aromatic heterocycles. The van der Waals surface area contributed by atoms with Gasteiger partial charge < -0.3 is 38.6 Å². The van der Waals surface area contributed by atoms with E-state index < -0.39 is 39.1 Å². The van der Waals surface area contributed by atoms with Gasteiger partial charge in [-0.1, -0.05) is 12.1 Å². The first-order valence-corrected chi connectivity index (χ1v) is 15.1. The molecule has 40 heavy (non-hydrogen) atoms. The van der Waals surface area contributed by atoms with Gasteiger partial charge in [0.1, 0.15) is 25.4 Å². The van der Waals surface area contributed by atoms with Gasteiger partial charge in [0.05, 0.1) is 54.2 Å². The smallest absolute Gasteiger partial charge is 0.264 e. The van der Waals surface area contributed by atoms with Crippen LogP contribution in [0, 0.1) is 0 Å². The SMILES string of the molecule is COc1cccc(OC)c1OC[C@@H](COS(C)(=O)=O)OS(C)(=O)=O.COc1cccc(OC)c1OC[C@H](O)CO. The van der Waals surface area contributed by atoms with E-state index in [0.29, 0.717) is 28.7 Å². The number of hydrogen-bond acceptors (Lipinski definition) is 14. The average molecular weight is 613 g/mol.